The molecule has 130 valence electrons. The number of halogens is 2. The maximum Gasteiger partial charge on any atom is 0.363 e. The molecule has 0 amide bonds. The minimum Gasteiger partial charge on any atom is -0.402 e. The predicted molar refractivity (Wildman–Crippen MR) is 107 cm³/mol. The van der Waals surface area contributed by atoms with Gasteiger partial charge in [0.25, 0.3) is 5.69 Å². The van der Waals surface area contributed by atoms with E-state index in [1.165, 1.54) is 18.2 Å². The molecule has 1 aliphatic heterocycles. The number of esters is 1. The summed E-state index contributed by atoms with van der Waals surface area (Å²) in [6, 6.07) is 11.4. The lowest BCUT2D eigenvalue weighted by Gasteiger charge is -2.02. The fraction of sp³-hybridized carbons (Fsp3) is 0. The number of rotatable bonds is 4. The molecule has 2 aromatic carbocycles. The van der Waals surface area contributed by atoms with E-state index in [0.717, 1.165) is 9.13 Å². The molecule has 0 spiro atoms. The Bertz CT molecular complexity index is 981. The highest BCUT2D eigenvalue weighted by atomic mass is 127. The molecule has 0 aliphatic carbocycles. The quantitative estimate of drug-likeness (QED) is 0.208. The summed E-state index contributed by atoms with van der Waals surface area (Å²) in [6.45, 7) is 0. The van der Waals surface area contributed by atoms with E-state index in [-0.39, 0.29) is 17.3 Å². The number of nitrogens with zero attached hydrogens (tertiary/aromatic N) is 2. The van der Waals surface area contributed by atoms with Gasteiger partial charge in [-0.1, -0.05) is 23.8 Å². The number of nitro groups is 1. The van der Waals surface area contributed by atoms with Gasteiger partial charge in [0.15, 0.2) is 5.70 Å². The molecule has 3 rings (SSSR count). The number of hydrogen-bond acceptors (Lipinski definition) is 5. The van der Waals surface area contributed by atoms with Gasteiger partial charge in [0.2, 0.25) is 5.90 Å². The Balaban J connectivity index is 1.80. The summed E-state index contributed by atoms with van der Waals surface area (Å²) in [6.07, 6.45) is 4.84. The molecule has 26 heavy (non-hydrogen) atoms. The second-order valence-electron chi connectivity index (χ2n) is 5.19. The lowest BCUT2D eigenvalue weighted by Crippen LogP contribution is -2.06. The normalized spacial score (nSPS) is 15.4. The van der Waals surface area contributed by atoms with Gasteiger partial charge in [-0.15, -0.1) is 0 Å². The van der Waals surface area contributed by atoms with E-state index in [1.807, 2.05) is 6.07 Å². The van der Waals surface area contributed by atoms with Crippen molar-refractivity contribution in [3.63, 3.8) is 0 Å². The van der Waals surface area contributed by atoms with Crippen LogP contribution in [0.25, 0.3) is 6.08 Å². The van der Waals surface area contributed by atoms with Crippen LogP contribution < -0.4 is 0 Å². The zero-order valence-corrected chi connectivity index (χ0v) is 16.0. The first-order valence-corrected chi connectivity index (χ1v) is 8.79. The van der Waals surface area contributed by atoms with Crippen molar-refractivity contribution in [2.45, 2.75) is 0 Å². The number of non-ortho nitro benzene ring substituents is 1. The minimum absolute atomic E-state index is 0.0171. The average molecular weight is 481 g/mol. The van der Waals surface area contributed by atoms with E-state index >= 15 is 0 Å². The molecule has 0 saturated carbocycles. The second kappa shape index (κ2) is 7.79. The van der Waals surface area contributed by atoms with Crippen LogP contribution in [0.2, 0.25) is 5.02 Å². The van der Waals surface area contributed by atoms with Crippen molar-refractivity contribution >= 4 is 57.8 Å². The van der Waals surface area contributed by atoms with Crippen LogP contribution in [0.3, 0.4) is 0 Å². The summed E-state index contributed by atoms with van der Waals surface area (Å²) in [5.74, 6) is -0.406. The lowest BCUT2D eigenvalue weighted by molar-refractivity contribution is -0.384. The highest BCUT2D eigenvalue weighted by Crippen LogP contribution is 2.24. The summed E-state index contributed by atoms with van der Waals surface area (Å²) in [4.78, 5) is 26.3. The summed E-state index contributed by atoms with van der Waals surface area (Å²) in [5.41, 5.74) is 1.47. The third-order valence-electron chi connectivity index (χ3n) is 3.43. The molecule has 0 radical (unpaired) electrons. The Morgan fingerprint density at radius 1 is 1.19 bits per heavy atom. The van der Waals surface area contributed by atoms with E-state index < -0.39 is 10.9 Å². The maximum absolute atomic E-state index is 12.0. The van der Waals surface area contributed by atoms with Gasteiger partial charge < -0.3 is 4.74 Å². The van der Waals surface area contributed by atoms with Crippen LogP contribution in [-0.4, -0.2) is 16.8 Å². The highest BCUT2D eigenvalue weighted by Gasteiger charge is 2.25. The van der Waals surface area contributed by atoms with Gasteiger partial charge in [-0.25, -0.2) is 9.79 Å². The Morgan fingerprint density at radius 3 is 2.62 bits per heavy atom. The van der Waals surface area contributed by atoms with E-state index in [9.17, 15) is 14.9 Å². The molecule has 1 heterocycles. The van der Waals surface area contributed by atoms with Crippen molar-refractivity contribution in [3.05, 3.63) is 90.1 Å². The third-order valence-corrected chi connectivity index (χ3v) is 4.43. The number of cyclic esters (lactones) is 1. The van der Waals surface area contributed by atoms with Crippen molar-refractivity contribution < 1.29 is 14.5 Å². The molecule has 8 heteroatoms. The van der Waals surface area contributed by atoms with E-state index in [1.54, 1.807) is 36.4 Å². The fourth-order valence-corrected chi connectivity index (χ4v) is 2.85. The van der Waals surface area contributed by atoms with Crippen molar-refractivity contribution in [3.8, 4) is 0 Å². The van der Waals surface area contributed by atoms with Crippen molar-refractivity contribution in [2.24, 2.45) is 4.99 Å². The number of hydrogen-bond donors (Lipinski definition) is 0. The van der Waals surface area contributed by atoms with Crippen LogP contribution >= 0.6 is 34.2 Å². The number of carbonyl (C=O) groups excluding carboxylic acids is 1. The molecule has 0 unspecified atom stereocenters. The molecule has 0 atom stereocenters. The molecule has 0 saturated heterocycles. The van der Waals surface area contributed by atoms with Crippen LogP contribution in [-0.2, 0) is 9.53 Å². The van der Waals surface area contributed by atoms with Crippen LogP contribution in [0.15, 0.2) is 65.3 Å². The number of nitro benzene ring substituents is 1. The van der Waals surface area contributed by atoms with Crippen molar-refractivity contribution in [2.75, 3.05) is 0 Å². The van der Waals surface area contributed by atoms with Gasteiger partial charge in [0.1, 0.15) is 0 Å². The molecular weight excluding hydrogens is 471 g/mol. The van der Waals surface area contributed by atoms with Crippen LogP contribution in [0.4, 0.5) is 5.69 Å². The summed E-state index contributed by atoms with van der Waals surface area (Å²) in [5, 5.41) is 11.1. The molecule has 0 bridgehead atoms. The summed E-state index contributed by atoms with van der Waals surface area (Å²) in [7, 11) is 0. The van der Waals surface area contributed by atoms with Crippen LogP contribution in [0.1, 0.15) is 11.1 Å². The molecule has 0 fully saturated rings. The SMILES string of the molecule is O=C1OC(c2cc(I)ccc2Cl)=NC1=CC=Cc1ccc([N+](=O)[O-])cc1. The monoisotopic (exact) mass is 480 g/mol. The third kappa shape index (κ3) is 4.17. The van der Waals surface area contributed by atoms with E-state index in [4.69, 9.17) is 16.3 Å². The van der Waals surface area contributed by atoms with Crippen molar-refractivity contribution in [1.82, 2.24) is 0 Å². The number of ether oxygens (including phenoxy) is 1. The Hall–Kier alpha value is -2.52. The smallest absolute Gasteiger partial charge is 0.363 e. The maximum atomic E-state index is 12.0. The first-order chi connectivity index (χ1) is 12.4. The standard InChI is InChI=1S/C18H10ClIN2O4/c19-15-9-6-12(20)10-14(15)17-21-16(18(23)26-17)3-1-2-11-4-7-13(8-5-11)22(24)25/h1-10H. The fourth-order valence-electron chi connectivity index (χ4n) is 2.16. The topological polar surface area (TPSA) is 81.8 Å². The van der Waals surface area contributed by atoms with Crippen LogP contribution in [0, 0.1) is 13.7 Å². The van der Waals surface area contributed by atoms with Gasteiger partial charge in [0.05, 0.1) is 15.5 Å². The first-order valence-electron chi connectivity index (χ1n) is 7.33. The highest BCUT2D eigenvalue weighted by molar-refractivity contribution is 14.1. The largest absolute Gasteiger partial charge is 0.402 e. The van der Waals surface area contributed by atoms with Gasteiger partial charge in [-0.2, -0.15) is 0 Å². The molecule has 1 aliphatic rings. The average Bonchev–Trinajstić information content (AvgIpc) is 2.98. The molecule has 2 aromatic rings. The second-order valence-corrected chi connectivity index (χ2v) is 6.84. The van der Waals surface area contributed by atoms with Gasteiger partial charge in [0, 0.05) is 15.7 Å². The Kier molecular flexibility index (Phi) is 5.48. The predicted octanol–water partition coefficient (Wildman–Crippen LogP) is 4.75. The van der Waals surface area contributed by atoms with Gasteiger partial charge in [-0.3, -0.25) is 10.1 Å². The number of allylic oxidation sites excluding steroid dienone is 2. The minimum atomic E-state index is -0.566. The molecule has 0 aromatic heterocycles. The van der Waals surface area contributed by atoms with E-state index in [2.05, 4.69) is 27.6 Å². The molecular formula is C18H10ClIN2O4. The molecule has 0 N–H and O–H groups in total. The van der Waals surface area contributed by atoms with Crippen molar-refractivity contribution in [1.29, 1.82) is 0 Å². The molecule has 6 nitrogen and oxygen atoms in total. The summed E-state index contributed by atoms with van der Waals surface area (Å²) >= 11 is 8.27. The lowest BCUT2D eigenvalue weighted by atomic mass is 10.2. The number of benzene rings is 2. The van der Waals surface area contributed by atoms with Gasteiger partial charge in [-0.05, 0) is 64.6 Å². The first kappa shape index (κ1) is 18.3. The van der Waals surface area contributed by atoms with Gasteiger partial charge >= 0.3 is 5.97 Å². The summed E-state index contributed by atoms with van der Waals surface area (Å²) < 4.78 is 6.13. The van der Waals surface area contributed by atoms with Crippen LogP contribution in [0.5, 0.6) is 0 Å². The van der Waals surface area contributed by atoms with E-state index in [0.29, 0.717) is 10.6 Å². The Labute approximate surface area is 167 Å². The number of carbonyl (C=O) groups is 1. The Morgan fingerprint density at radius 2 is 1.92 bits per heavy atom. The zero-order chi connectivity index (χ0) is 18.7. The number of aliphatic imine (C=N–C) groups is 1. The zero-order valence-electron chi connectivity index (χ0n) is 13.1.